The molecule has 0 aliphatic rings. The van der Waals surface area contributed by atoms with Gasteiger partial charge in [0.25, 0.3) is 0 Å². The van der Waals surface area contributed by atoms with Gasteiger partial charge < -0.3 is 10.1 Å². The molecule has 3 heteroatoms. The Morgan fingerprint density at radius 2 is 1.95 bits per heavy atom. The molecule has 0 unspecified atom stereocenters. The molecule has 102 valence electrons. The van der Waals surface area contributed by atoms with E-state index in [0.717, 1.165) is 12.3 Å². The van der Waals surface area contributed by atoms with E-state index in [-0.39, 0.29) is 0 Å². The van der Waals surface area contributed by atoms with Crippen LogP contribution in [0.5, 0.6) is 5.75 Å². The normalized spacial score (nSPS) is 10.9. The van der Waals surface area contributed by atoms with Crippen LogP contribution in [0.15, 0.2) is 36.4 Å². The maximum Gasteiger partial charge on any atom is 0.122 e. The van der Waals surface area contributed by atoms with Gasteiger partial charge in [0.2, 0.25) is 0 Å². The maximum atomic E-state index is 5.80. The van der Waals surface area contributed by atoms with E-state index in [1.165, 1.54) is 15.3 Å². The predicted molar refractivity (Wildman–Crippen MR) is 81.8 cm³/mol. The highest BCUT2D eigenvalue weighted by atomic mass is 32.1. The number of benzene rings is 1. The lowest BCUT2D eigenvalue weighted by molar-refractivity contribution is 0.309. The van der Waals surface area contributed by atoms with Crippen LogP contribution in [-0.4, -0.2) is 6.04 Å². The highest BCUT2D eigenvalue weighted by Gasteiger charge is 2.02. The Bertz CT molecular complexity index is 519. The predicted octanol–water partition coefficient (Wildman–Crippen LogP) is 4.13. The molecule has 0 fully saturated rings. The van der Waals surface area contributed by atoms with Crippen molar-refractivity contribution in [2.45, 2.75) is 40.0 Å². The average molecular weight is 275 g/mol. The maximum absolute atomic E-state index is 5.80. The van der Waals surface area contributed by atoms with Gasteiger partial charge in [0.05, 0.1) is 0 Å². The monoisotopic (exact) mass is 275 g/mol. The van der Waals surface area contributed by atoms with Gasteiger partial charge in [0, 0.05) is 22.3 Å². The largest absolute Gasteiger partial charge is 0.488 e. The lowest BCUT2D eigenvalue weighted by atomic mass is 10.2. The van der Waals surface area contributed by atoms with Gasteiger partial charge in [-0.1, -0.05) is 26.0 Å². The number of ether oxygens (including phenoxy) is 1. The summed E-state index contributed by atoms with van der Waals surface area (Å²) in [6, 6.07) is 13.0. The summed E-state index contributed by atoms with van der Waals surface area (Å²) in [5.41, 5.74) is 1.23. The summed E-state index contributed by atoms with van der Waals surface area (Å²) in [6.45, 7) is 7.99. The molecule has 1 N–H and O–H groups in total. The van der Waals surface area contributed by atoms with Crippen molar-refractivity contribution in [3.63, 3.8) is 0 Å². The molecule has 1 aromatic carbocycles. The fourth-order valence-electron chi connectivity index (χ4n) is 1.76. The minimum atomic E-state index is 0.522. The van der Waals surface area contributed by atoms with Crippen LogP contribution in [0, 0.1) is 6.92 Å². The summed E-state index contributed by atoms with van der Waals surface area (Å²) in [7, 11) is 0. The van der Waals surface area contributed by atoms with Crippen LogP contribution in [-0.2, 0) is 13.2 Å². The van der Waals surface area contributed by atoms with E-state index in [0.29, 0.717) is 12.6 Å². The number of hydrogen-bond donors (Lipinski definition) is 1. The molecule has 19 heavy (non-hydrogen) atoms. The van der Waals surface area contributed by atoms with Gasteiger partial charge in [0.1, 0.15) is 12.4 Å². The SMILES string of the molecule is Cc1cccc(OCc2ccc(CNC(C)C)s2)c1. The van der Waals surface area contributed by atoms with E-state index >= 15 is 0 Å². The highest BCUT2D eigenvalue weighted by Crippen LogP contribution is 2.20. The molecule has 2 nitrogen and oxygen atoms in total. The molecule has 0 radical (unpaired) electrons. The summed E-state index contributed by atoms with van der Waals surface area (Å²) >= 11 is 1.81. The highest BCUT2D eigenvalue weighted by molar-refractivity contribution is 7.11. The lowest BCUT2D eigenvalue weighted by Gasteiger charge is -2.06. The Balaban J connectivity index is 1.86. The second kappa shape index (κ2) is 6.73. The van der Waals surface area contributed by atoms with Gasteiger partial charge in [0.15, 0.2) is 0 Å². The zero-order valence-electron chi connectivity index (χ0n) is 11.8. The second-order valence-corrected chi connectivity index (χ2v) is 6.26. The summed E-state index contributed by atoms with van der Waals surface area (Å²) < 4.78 is 5.80. The quantitative estimate of drug-likeness (QED) is 0.855. The van der Waals surface area contributed by atoms with Crippen LogP contribution in [0.4, 0.5) is 0 Å². The van der Waals surface area contributed by atoms with Gasteiger partial charge in [-0.3, -0.25) is 0 Å². The van der Waals surface area contributed by atoms with Crippen molar-refractivity contribution < 1.29 is 4.74 Å². The first kappa shape index (κ1) is 14.1. The molecule has 0 aliphatic carbocycles. The third-order valence-electron chi connectivity index (χ3n) is 2.77. The third-order valence-corrected chi connectivity index (χ3v) is 3.83. The van der Waals surface area contributed by atoms with Gasteiger partial charge in [-0.25, -0.2) is 0 Å². The first-order valence-electron chi connectivity index (χ1n) is 6.64. The molecule has 1 heterocycles. The second-order valence-electron chi connectivity index (χ2n) is 5.01. The van der Waals surface area contributed by atoms with E-state index in [9.17, 15) is 0 Å². The summed E-state index contributed by atoms with van der Waals surface area (Å²) in [6.07, 6.45) is 0. The first-order chi connectivity index (χ1) is 9.13. The van der Waals surface area contributed by atoms with Crippen LogP contribution in [0.2, 0.25) is 0 Å². The van der Waals surface area contributed by atoms with Gasteiger partial charge >= 0.3 is 0 Å². The molecule has 0 bridgehead atoms. The lowest BCUT2D eigenvalue weighted by Crippen LogP contribution is -2.21. The molecule has 1 aromatic heterocycles. The van der Waals surface area contributed by atoms with E-state index in [1.807, 2.05) is 23.5 Å². The third kappa shape index (κ3) is 4.69. The molecular weight excluding hydrogens is 254 g/mol. The van der Waals surface area contributed by atoms with Crippen molar-refractivity contribution in [2.75, 3.05) is 0 Å². The fourth-order valence-corrected chi connectivity index (χ4v) is 2.64. The first-order valence-corrected chi connectivity index (χ1v) is 7.45. The van der Waals surface area contributed by atoms with E-state index < -0.39 is 0 Å². The van der Waals surface area contributed by atoms with Crippen LogP contribution in [0.25, 0.3) is 0 Å². The number of aryl methyl sites for hydroxylation is 1. The van der Waals surface area contributed by atoms with Crippen molar-refractivity contribution >= 4 is 11.3 Å². The molecule has 2 rings (SSSR count). The zero-order valence-corrected chi connectivity index (χ0v) is 12.6. The van der Waals surface area contributed by atoms with Crippen molar-refractivity contribution in [3.05, 3.63) is 51.7 Å². The van der Waals surface area contributed by atoms with Gasteiger partial charge in [-0.2, -0.15) is 0 Å². The van der Waals surface area contributed by atoms with Crippen molar-refractivity contribution in [3.8, 4) is 5.75 Å². The Morgan fingerprint density at radius 3 is 2.68 bits per heavy atom. The Kier molecular flexibility index (Phi) is 5.00. The molecular formula is C16H21NOS. The number of hydrogen-bond acceptors (Lipinski definition) is 3. The molecule has 0 saturated carbocycles. The van der Waals surface area contributed by atoms with Crippen molar-refractivity contribution in [2.24, 2.45) is 0 Å². The van der Waals surface area contributed by atoms with Gasteiger partial charge in [-0.05, 0) is 36.8 Å². The van der Waals surface area contributed by atoms with E-state index in [1.54, 1.807) is 0 Å². The minimum absolute atomic E-state index is 0.522. The average Bonchev–Trinajstić information content (AvgIpc) is 2.82. The molecule has 2 aromatic rings. The Hall–Kier alpha value is -1.32. The molecule has 0 amide bonds. The van der Waals surface area contributed by atoms with E-state index in [4.69, 9.17) is 4.74 Å². The molecule has 0 atom stereocenters. The number of thiophene rings is 1. The van der Waals surface area contributed by atoms with E-state index in [2.05, 4.69) is 50.4 Å². The zero-order chi connectivity index (χ0) is 13.7. The fraction of sp³-hybridized carbons (Fsp3) is 0.375. The van der Waals surface area contributed by atoms with Crippen LogP contribution in [0.1, 0.15) is 29.2 Å². The number of rotatable bonds is 6. The summed E-state index contributed by atoms with van der Waals surface area (Å²) in [4.78, 5) is 2.62. The number of nitrogens with one attached hydrogen (secondary N) is 1. The van der Waals surface area contributed by atoms with Crippen LogP contribution < -0.4 is 10.1 Å². The smallest absolute Gasteiger partial charge is 0.122 e. The Morgan fingerprint density at radius 1 is 1.16 bits per heavy atom. The van der Waals surface area contributed by atoms with Crippen molar-refractivity contribution in [1.82, 2.24) is 5.32 Å². The van der Waals surface area contributed by atoms with Crippen LogP contribution >= 0.6 is 11.3 Å². The summed E-state index contributed by atoms with van der Waals surface area (Å²) in [5.74, 6) is 0.940. The summed E-state index contributed by atoms with van der Waals surface area (Å²) in [5, 5.41) is 3.43. The van der Waals surface area contributed by atoms with Gasteiger partial charge in [-0.15, -0.1) is 11.3 Å². The molecule has 0 aliphatic heterocycles. The molecule has 0 spiro atoms. The topological polar surface area (TPSA) is 21.3 Å². The standard InChI is InChI=1S/C16H21NOS/c1-12(2)17-10-15-7-8-16(19-15)11-18-14-6-4-5-13(3)9-14/h4-9,12,17H,10-11H2,1-3H3. The van der Waals surface area contributed by atoms with Crippen LogP contribution in [0.3, 0.4) is 0 Å². The Labute approximate surface area is 119 Å². The van der Waals surface area contributed by atoms with Crippen molar-refractivity contribution in [1.29, 1.82) is 0 Å². The molecule has 0 saturated heterocycles. The minimum Gasteiger partial charge on any atom is -0.488 e.